The molecule has 26 heavy (non-hydrogen) atoms. The van der Waals surface area contributed by atoms with Crippen molar-refractivity contribution in [1.82, 2.24) is 24.7 Å². The van der Waals surface area contributed by atoms with Crippen molar-refractivity contribution in [2.75, 3.05) is 25.0 Å². The first-order chi connectivity index (χ1) is 10.8. The summed E-state index contributed by atoms with van der Waals surface area (Å²) < 4.78 is 1.82. The zero-order chi connectivity index (χ0) is 14.9. The van der Waals surface area contributed by atoms with E-state index in [-0.39, 0.29) is 35.8 Å². The van der Waals surface area contributed by atoms with E-state index in [0.717, 1.165) is 43.4 Å². The molecular formula is C16H30Cl2N6O2. The lowest BCUT2D eigenvalue weighted by Crippen LogP contribution is -2.32. The van der Waals surface area contributed by atoms with E-state index in [1.54, 1.807) is 6.33 Å². The molecule has 2 aromatic heterocycles. The number of hydrogen-bond acceptors (Lipinski definition) is 5. The number of anilines is 1. The Hall–Kier alpha value is -1.19. The second kappa shape index (κ2) is 10.8. The Bertz CT molecular complexity index is 684. The van der Waals surface area contributed by atoms with Gasteiger partial charge in [-0.05, 0) is 52.0 Å². The molecule has 3 heterocycles. The summed E-state index contributed by atoms with van der Waals surface area (Å²) in [5.74, 6) is 1.04. The van der Waals surface area contributed by atoms with Gasteiger partial charge in [0.25, 0.3) is 0 Å². The second-order valence-corrected chi connectivity index (χ2v) is 6.57. The number of nitrogens with zero attached hydrogens (tertiary/aromatic N) is 5. The molecule has 0 spiro atoms. The molecule has 1 aliphatic carbocycles. The van der Waals surface area contributed by atoms with E-state index < -0.39 is 0 Å². The third kappa shape index (κ3) is 4.75. The van der Waals surface area contributed by atoms with Gasteiger partial charge in [-0.15, -0.1) is 40.1 Å². The Kier molecular flexibility index (Phi) is 10.3. The summed E-state index contributed by atoms with van der Waals surface area (Å²) in [7, 11) is 0. The van der Waals surface area contributed by atoms with E-state index in [0.29, 0.717) is 0 Å². The molecule has 0 saturated carbocycles. The molecule has 8 nitrogen and oxygen atoms in total. The van der Waals surface area contributed by atoms with Crippen LogP contribution in [0, 0.1) is 0 Å². The van der Waals surface area contributed by atoms with Crippen LogP contribution in [0.1, 0.15) is 43.7 Å². The van der Waals surface area contributed by atoms with Crippen molar-refractivity contribution < 1.29 is 11.0 Å². The van der Waals surface area contributed by atoms with Crippen molar-refractivity contribution in [2.45, 2.75) is 51.5 Å². The molecule has 5 N–H and O–H groups in total. The Morgan fingerprint density at radius 2 is 1.85 bits per heavy atom. The number of aromatic nitrogens is 4. The SMILES string of the molecule is CC1CCCN1CCNc1nn2cnnc2c2c1CCCC2.Cl.Cl.O.O. The molecule has 1 aliphatic heterocycles. The summed E-state index contributed by atoms with van der Waals surface area (Å²) in [6.07, 6.45) is 9.06. The zero-order valence-corrected chi connectivity index (χ0v) is 16.7. The molecule has 1 saturated heterocycles. The zero-order valence-electron chi connectivity index (χ0n) is 15.1. The highest BCUT2D eigenvalue weighted by molar-refractivity contribution is 5.85. The van der Waals surface area contributed by atoms with Crippen molar-refractivity contribution in [3.05, 3.63) is 17.5 Å². The minimum atomic E-state index is 0. The van der Waals surface area contributed by atoms with Crippen molar-refractivity contribution in [1.29, 1.82) is 0 Å². The Morgan fingerprint density at radius 3 is 2.54 bits per heavy atom. The monoisotopic (exact) mass is 408 g/mol. The summed E-state index contributed by atoms with van der Waals surface area (Å²) in [5, 5.41) is 16.5. The van der Waals surface area contributed by atoms with Crippen LogP contribution in [-0.4, -0.2) is 61.3 Å². The quantitative estimate of drug-likeness (QED) is 0.810. The van der Waals surface area contributed by atoms with Crippen LogP contribution in [0.15, 0.2) is 6.33 Å². The lowest BCUT2D eigenvalue weighted by atomic mass is 9.93. The largest absolute Gasteiger partial charge is 0.412 e. The predicted molar refractivity (Wildman–Crippen MR) is 108 cm³/mol. The van der Waals surface area contributed by atoms with Gasteiger partial charge in [-0.25, -0.2) is 0 Å². The topological polar surface area (TPSA) is 121 Å². The number of hydrogen-bond donors (Lipinski definition) is 1. The Morgan fingerprint density at radius 1 is 1.12 bits per heavy atom. The van der Waals surface area contributed by atoms with Crippen molar-refractivity contribution in [2.24, 2.45) is 0 Å². The summed E-state index contributed by atoms with van der Waals surface area (Å²) in [6, 6.07) is 0.726. The lowest BCUT2D eigenvalue weighted by molar-refractivity contribution is 0.279. The number of nitrogens with one attached hydrogen (secondary N) is 1. The van der Waals surface area contributed by atoms with E-state index in [1.165, 1.54) is 43.4 Å². The fourth-order valence-corrected chi connectivity index (χ4v) is 3.87. The number of halogens is 2. The molecule has 1 fully saturated rings. The van der Waals surface area contributed by atoms with Gasteiger partial charge in [-0.3, -0.25) is 4.90 Å². The number of fused-ring (bicyclic) bond motifs is 3. The standard InChI is InChI=1S/C16H24N6.2ClH.2H2O/c1-12-5-4-9-21(12)10-8-17-15-13-6-2-3-7-14(13)16-19-18-11-22(16)20-15;;;;/h11-12H,2-10H2,1H3,(H,17,20);2*1H;2*1H2. The molecule has 0 bridgehead atoms. The van der Waals surface area contributed by atoms with Crippen molar-refractivity contribution in [3.8, 4) is 0 Å². The van der Waals surface area contributed by atoms with Gasteiger partial charge in [0.1, 0.15) is 6.33 Å². The highest BCUT2D eigenvalue weighted by atomic mass is 35.5. The van der Waals surface area contributed by atoms with Gasteiger partial charge in [0.05, 0.1) is 0 Å². The van der Waals surface area contributed by atoms with Crippen LogP contribution < -0.4 is 5.32 Å². The third-order valence-electron chi connectivity index (χ3n) is 5.14. The fraction of sp³-hybridized carbons (Fsp3) is 0.688. The van der Waals surface area contributed by atoms with Gasteiger partial charge in [0.2, 0.25) is 0 Å². The van der Waals surface area contributed by atoms with Gasteiger partial charge >= 0.3 is 0 Å². The Labute approximate surface area is 166 Å². The molecule has 2 aromatic rings. The first-order valence-electron chi connectivity index (χ1n) is 8.52. The number of rotatable bonds is 4. The summed E-state index contributed by atoms with van der Waals surface area (Å²) in [5.41, 5.74) is 3.64. The smallest absolute Gasteiger partial charge is 0.181 e. The molecule has 10 heteroatoms. The molecule has 0 amide bonds. The third-order valence-corrected chi connectivity index (χ3v) is 5.14. The van der Waals surface area contributed by atoms with Crippen LogP contribution in [0.4, 0.5) is 5.82 Å². The fourth-order valence-electron chi connectivity index (χ4n) is 3.87. The maximum Gasteiger partial charge on any atom is 0.181 e. The number of likely N-dealkylation sites (tertiary alicyclic amines) is 1. The molecule has 1 atom stereocenters. The van der Waals surface area contributed by atoms with Crippen LogP contribution in [0.3, 0.4) is 0 Å². The van der Waals surface area contributed by atoms with Crippen LogP contribution in [0.2, 0.25) is 0 Å². The van der Waals surface area contributed by atoms with Crippen LogP contribution in [0.25, 0.3) is 5.65 Å². The lowest BCUT2D eigenvalue weighted by Gasteiger charge is -2.23. The van der Waals surface area contributed by atoms with Crippen LogP contribution in [-0.2, 0) is 12.8 Å². The van der Waals surface area contributed by atoms with Gasteiger partial charge in [-0.2, -0.15) is 4.52 Å². The first-order valence-corrected chi connectivity index (χ1v) is 8.52. The van der Waals surface area contributed by atoms with Gasteiger partial charge < -0.3 is 16.3 Å². The van der Waals surface area contributed by atoms with Gasteiger partial charge in [0.15, 0.2) is 11.5 Å². The van der Waals surface area contributed by atoms with E-state index in [9.17, 15) is 0 Å². The average Bonchev–Trinajstić information content (AvgIpc) is 3.17. The molecule has 1 unspecified atom stereocenters. The molecule has 2 aliphatic rings. The Balaban J connectivity index is 0.00000156. The average molecular weight is 409 g/mol. The maximum atomic E-state index is 4.69. The molecule has 4 rings (SSSR count). The maximum absolute atomic E-state index is 4.69. The molecule has 0 aromatic carbocycles. The highest BCUT2D eigenvalue weighted by Crippen LogP contribution is 2.28. The second-order valence-electron chi connectivity index (χ2n) is 6.57. The molecule has 150 valence electrons. The summed E-state index contributed by atoms with van der Waals surface area (Å²) >= 11 is 0. The first kappa shape index (κ1) is 24.8. The highest BCUT2D eigenvalue weighted by Gasteiger charge is 2.21. The normalized spacial score (nSPS) is 18.7. The van der Waals surface area contributed by atoms with E-state index in [4.69, 9.17) is 5.10 Å². The minimum absolute atomic E-state index is 0. The van der Waals surface area contributed by atoms with Crippen LogP contribution in [0.5, 0.6) is 0 Å². The van der Waals surface area contributed by atoms with Crippen LogP contribution >= 0.6 is 24.8 Å². The minimum Gasteiger partial charge on any atom is -0.412 e. The van der Waals surface area contributed by atoms with Gasteiger partial charge in [0, 0.05) is 30.3 Å². The van der Waals surface area contributed by atoms with E-state index in [1.807, 2.05) is 4.52 Å². The molecular weight excluding hydrogens is 379 g/mol. The van der Waals surface area contributed by atoms with Gasteiger partial charge in [-0.1, -0.05) is 0 Å². The van der Waals surface area contributed by atoms with E-state index >= 15 is 0 Å². The predicted octanol–water partition coefficient (Wildman–Crippen LogP) is 1.09. The summed E-state index contributed by atoms with van der Waals surface area (Å²) in [6.45, 7) is 5.62. The summed E-state index contributed by atoms with van der Waals surface area (Å²) in [4.78, 5) is 2.57. The van der Waals surface area contributed by atoms with Crippen molar-refractivity contribution >= 4 is 36.3 Å². The van der Waals surface area contributed by atoms with E-state index in [2.05, 4.69) is 27.3 Å². The van der Waals surface area contributed by atoms with Crippen molar-refractivity contribution in [3.63, 3.8) is 0 Å². The number of aryl methyl sites for hydroxylation is 1. The molecule has 0 radical (unpaired) electrons.